The van der Waals surface area contributed by atoms with Gasteiger partial charge in [0.05, 0.1) is 5.56 Å². The Morgan fingerprint density at radius 2 is 2.28 bits per heavy atom. The van der Waals surface area contributed by atoms with Crippen LogP contribution in [0.2, 0.25) is 5.02 Å². The van der Waals surface area contributed by atoms with E-state index in [4.69, 9.17) is 16.7 Å². The Labute approximate surface area is 111 Å². The molecule has 0 fully saturated rings. The summed E-state index contributed by atoms with van der Waals surface area (Å²) in [7, 11) is 1.55. The number of carboxylic acid groups (broad SMARTS) is 1. The molecular weight excluding hydrogens is 278 g/mol. The fraction of sp³-hybridized carbons (Fsp3) is 0.100. The standard InChI is InChI=1S/C10H8ClN3O3S/c1-14-9(17)12-13-10(14)18-7-3-2-5(11)4-6(7)8(15)16/h2-4H,1H3,(H,12,17)(H,15,16). The van der Waals surface area contributed by atoms with Gasteiger partial charge in [-0.25, -0.2) is 14.7 Å². The van der Waals surface area contributed by atoms with Crippen molar-refractivity contribution in [1.29, 1.82) is 0 Å². The fourth-order valence-electron chi connectivity index (χ4n) is 1.28. The van der Waals surface area contributed by atoms with Gasteiger partial charge >= 0.3 is 11.7 Å². The highest BCUT2D eigenvalue weighted by molar-refractivity contribution is 7.99. The molecule has 0 aliphatic carbocycles. The average molecular weight is 286 g/mol. The molecular formula is C10H8ClN3O3S. The summed E-state index contributed by atoms with van der Waals surface area (Å²) in [5.41, 5.74) is -0.286. The van der Waals surface area contributed by atoms with Crippen molar-refractivity contribution in [3.63, 3.8) is 0 Å². The molecule has 18 heavy (non-hydrogen) atoms. The Balaban J connectivity index is 2.43. The molecule has 2 aromatic rings. The first-order valence-corrected chi connectivity index (χ1v) is 6.00. The number of nitrogens with one attached hydrogen (secondary N) is 1. The van der Waals surface area contributed by atoms with Crippen LogP contribution in [0.1, 0.15) is 10.4 Å². The van der Waals surface area contributed by atoms with Crippen molar-refractivity contribution < 1.29 is 9.90 Å². The second-order valence-electron chi connectivity index (χ2n) is 3.42. The summed E-state index contributed by atoms with van der Waals surface area (Å²) in [6, 6.07) is 4.52. The zero-order chi connectivity index (χ0) is 13.3. The Morgan fingerprint density at radius 3 is 2.83 bits per heavy atom. The number of aromatic nitrogens is 3. The number of halogens is 1. The van der Waals surface area contributed by atoms with Crippen molar-refractivity contribution in [2.45, 2.75) is 10.1 Å². The third-order valence-electron chi connectivity index (χ3n) is 2.21. The van der Waals surface area contributed by atoms with Gasteiger partial charge in [-0.05, 0) is 30.0 Å². The highest BCUT2D eigenvalue weighted by Crippen LogP contribution is 2.30. The highest BCUT2D eigenvalue weighted by Gasteiger charge is 2.14. The minimum Gasteiger partial charge on any atom is -0.478 e. The number of H-pyrrole nitrogens is 1. The molecule has 1 heterocycles. The Morgan fingerprint density at radius 1 is 1.56 bits per heavy atom. The Kier molecular flexibility index (Phi) is 3.44. The van der Waals surface area contributed by atoms with E-state index in [-0.39, 0.29) is 11.3 Å². The minimum absolute atomic E-state index is 0.0722. The molecule has 94 valence electrons. The second-order valence-corrected chi connectivity index (χ2v) is 4.86. The van der Waals surface area contributed by atoms with Crippen LogP contribution in [-0.2, 0) is 7.05 Å². The van der Waals surface area contributed by atoms with E-state index in [0.29, 0.717) is 15.1 Å². The maximum absolute atomic E-state index is 11.2. The van der Waals surface area contributed by atoms with Crippen LogP contribution in [0.25, 0.3) is 0 Å². The molecule has 1 aromatic heterocycles. The molecule has 0 aliphatic rings. The summed E-state index contributed by atoms with van der Waals surface area (Å²) in [5, 5.41) is 15.9. The summed E-state index contributed by atoms with van der Waals surface area (Å²) < 4.78 is 1.30. The molecule has 1 aromatic carbocycles. The summed E-state index contributed by atoms with van der Waals surface area (Å²) in [6.07, 6.45) is 0. The number of carbonyl (C=O) groups is 1. The number of hydrogen-bond acceptors (Lipinski definition) is 4. The predicted octanol–water partition coefficient (Wildman–Crippen LogP) is 1.61. The van der Waals surface area contributed by atoms with Gasteiger partial charge in [0, 0.05) is 17.0 Å². The number of aromatic carboxylic acids is 1. The summed E-state index contributed by atoms with van der Waals surface area (Å²) >= 11 is 6.83. The molecule has 0 saturated carbocycles. The Hall–Kier alpha value is -1.73. The number of rotatable bonds is 3. The second kappa shape index (κ2) is 4.87. The number of nitrogens with zero attached hydrogens (tertiary/aromatic N) is 2. The lowest BCUT2D eigenvalue weighted by Crippen LogP contribution is -2.12. The van der Waals surface area contributed by atoms with Crippen LogP contribution in [0.15, 0.2) is 33.0 Å². The number of aromatic amines is 1. The first-order chi connectivity index (χ1) is 8.49. The third-order valence-corrected chi connectivity index (χ3v) is 3.57. The molecule has 0 bridgehead atoms. The predicted molar refractivity (Wildman–Crippen MR) is 66.4 cm³/mol. The van der Waals surface area contributed by atoms with Gasteiger partial charge in [0.2, 0.25) is 0 Å². The van der Waals surface area contributed by atoms with E-state index in [1.54, 1.807) is 19.2 Å². The minimum atomic E-state index is -1.08. The summed E-state index contributed by atoms with van der Waals surface area (Å²) in [4.78, 5) is 22.7. The monoisotopic (exact) mass is 285 g/mol. The van der Waals surface area contributed by atoms with E-state index >= 15 is 0 Å². The van der Waals surface area contributed by atoms with E-state index in [2.05, 4.69) is 10.2 Å². The van der Waals surface area contributed by atoms with Gasteiger partial charge in [-0.2, -0.15) is 0 Å². The molecule has 0 atom stereocenters. The Bertz CT molecular complexity index is 665. The first kappa shape index (κ1) is 12.7. The SMILES string of the molecule is Cn1c(Sc2ccc(Cl)cc2C(=O)O)n[nH]c1=O. The normalized spacial score (nSPS) is 10.6. The van der Waals surface area contributed by atoms with E-state index < -0.39 is 5.97 Å². The summed E-state index contributed by atoms with van der Waals surface area (Å²) in [5.74, 6) is -1.08. The van der Waals surface area contributed by atoms with Crippen LogP contribution in [0.3, 0.4) is 0 Å². The topological polar surface area (TPSA) is 88.0 Å². The van der Waals surface area contributed by atoms with Crippen molar-refractivity contribution in [3.05, 3.63) is 39.3 Å². The molecule has 2 N–H and O–H groups in total. The van der Waals surface area contributed by atoms with Crippen LogP contribution in [-0.4, -0.2) is 25.8 Å². The number of benzene rings is 1. The van der Waals surface area contributed by atoms with Gasteiger partial charge in [0.25, 0.3) is 0 Å². The van der Waals surface area contributed by atoms with Crippen LogP contribution < -0.4 is 5.69 Å². The van der Waals surface area contributed by atoms with Crippen molar-refractivity contribution >= 4 is 29.3 Å². The van der Waals surface area contributed by atoms with E-state index in [0.717, 1.165) is 11.8 Å². The zero-order valence-electron chi connectivity index (χ0n) is 9.18. The van der Waals surface area contributed by atoms with Crippen LogP contribution >= 0.6 is 23.4 Å². The molecule has 0 spiro atoms. The highest BCUT2D eigenvalue weighted by atomic mass is 35.5. The van der Waals surface area contributed by atoms with Crippen molar-refractivity contribution in [3.8, 4) is 0 Å². The molecule has 0 unspecified atom stereocenters. The molecule has 8 heteroatoms. The smallest absolute Gasteiger partial charge is 0.343 e. The summed E-state index contributed by atoms with van der Waals surface area (Å²) in [6.45, 7) is 0. The molecule has 0 aliphatic heterocycles. The van der Waals surface area contributed by atoms with Crippen molar-refractivity contribution in [2.75, 3.05) is 0 Å². The quantitative estimate of drug-likeness (QED) is 0.894. The molecule has 0 saturated heterocycles. The lowest BCUT2D eigenvalue weighted by Gasteiger charge is -2.05. The number of carboxylic acids is 1. The average Bonchev–Trinajstić information content (AvgIpc) is 2.63. The molecule has 2 rings (SSSR count). The van der Waals surface area contributed by atoms with E-state index in [1.807, 2.05) is 0 Å². The van der Waals surface area contributed by atoms with Crippen molar-refractivity contribution in [2.24, 2.45) is 7.05 Å². The molecule has 0 radical (unpaired) electrons. The van der Waals surface area contributed by atoms with Crippen LogP contribution in [0, 0.1) is 0 Å². The van der Waals surface area contributed by atoms with Crippen LogP contribution in [0.4, 0.5) is 0 Å². The van der Waals surface area contributed by atoms with Gasteiger partial charge in [-0.3, -0.25) is 4.57 Å². The maximum Gasteiger partial charge on any atom is 0.343 e. The first-order valence-electron chi connectivity index (χ1n) is 4.81. The molecule has 0 amide bonds. The van der Waals surface area contributed by atoms with E-state index in [1.165, 1.54) is 10.6 Å². The fourth-order valence-corrected chi connectivity index (χ4v) is 2.35. The van der Waals surface area contributed by atoms with Gasteiger partial charge < -0.3 is 5.11 Å². The molecule has 6 nitrogen and oxygen atoms in total. The van der Waals surface area contributed by atoms with Gasteiger partial charge in [0.15, 0.2) is 5.16 Å². The lowest BCUT2D eigenvalue weighted by molar-refractivity contribution is 0.0693. The third kappa shape index (κ3) is 2.41. The zero-order valence-corrected chi connectivity index (χ0v) is 10.7. The largest absolute Gasteiger partial charge is 0.478 e. The van der Waals surface area contributed by atoms with E-state index in [9.17, 15) is 9.59 Å². The van der Waals surface area contributed by atoms with Gasteiger partial charge in [0.1, 0.15) is 0 Å². The maximum atomic E-state index is 11.2. The lowest BCUT2D eigenvalue weighted by atomic mass is 10.2. The van der Waals surface area contributed by atoms with Gasteiger partial charge in [-0.15, -0.1) is 5.10 Å². The number of hydrogen-bond donors (Lipinski definition) is 2. The van der Waals surface area contributed by atoms with Crippen LogP contribution in [0.5, 0.6) is 0 Å². The van der Waals surface area contributed by atoms with Crippen molar-refractivity contribution in [1.82, 2.24) is 14.8 Å². The van der Waals surface area contributed by atoms with Gasteiger partial charge in [-0.1, -0.05) is 11.6 Å².